The Hall–Kier alpha value is -2.26. The summed E-state index contributed by atoms with van der Waals surface area (Å²) in [5, 5.41) is 9.04. The average molecular weight is 303 g/mol. The molecule has 0 radical (unpaired) electrons. The average Bonchev–Trinajstić information content (AvgIpc) is 2.43. The smallest absolute Gasteiger partial charge is 0.328 e. The van der Waals surface area contributed by atoms with Gasteiger partial charge in [0.2, 0.25) is 0 Å². The Morgan fingerprint density at radius 3 is 2.57 bits per heavy atom. The number of carboxylic acids is 1. The van der Waals surface area contributed by atoms with E-state index >= 15 is 0 Å². The Morgan fingerprint density at radius 1 is 1.14 bits per heavy atom. The quantitative estimate of drug-likeness (QED) is 0.821. The molecule has 2 aromatic carbocycles. The van der Waals surface area contributed by atoms with Crippen LogP contribution in [0.4, 0.5) is 0 Å². The minimum atomic E-state index is -0.998. The van der Waals surface area contributed by atoms with E-state index in [0.717, 1.165) is 23.0 Å². The van der Waals surface area contributed by atoms with Crippen LogP contribution in [-0.2, 0) is 4.79 Å². The van der Waals surface area contributed by atoms with E-state index in [1.54, 1.807) is 18.2 Å². The highest BCUT2D eigenvalue weighted by Gasteiger charge is 2.06. The lowest BCUT2D eigenvalue weighted by Crippen LogP contribution is -1.90. The van der Waals surface area contributed by atoms with Crippen LogP contribution in [0, 0.1) is 13.8 Å². The molecule has 4 heteroatoms. The summed E-state index contributed by atoms with van der Waals surface area (Å²) in [5.41, 5.74) is 2.83. The van der Waals surface area contributed by atoms with Crippen molar-refractivity contribution in [2.24, 2.45) is 0 Å². The van der Waals surface area contributed by atoms with Crippen molar-refractivity contribution in [3.8, 4) is 11.5 Å². The summed E-state index contributed by atoms with van der Waals surface area (Å²) < 4.78 is 5.83. The van der Waals surface area contributed by atoms with E-state index in [2.05, 4.69) is 0 Å². The maximum atomic E-state index is 10.5. The number of hydrogen-bond acceptors (Lipinski definition) is 2. The molecule has 0 aromatic heterocycles. The van der Waals surface area contributed by atoms with Crippen molar-refractivity contribution >= 4 is 23.6 Å². The molecule has 0 saturated carbocycles. The zero-order valence-corrected chi connectivity index (χ0v) is 12.5. The minimum absolute atomic E-state index is 0.434. The van der Waals surface area contributed by atoms with E-state index in [0.29, 0.717) is 16.3 Å². The summed E-state index contributed by atoms with van der Waals surface area (Å²) >= 11 is 6.18. The third-order valence-corrected chi connectivity index (χ3v) is 3.23. The monoisotopic (exact) mass is 302 g/mol. The first-order chi connectivity index (χ1) is 9.95. The SMILES string of the molecule is Cc1ccc(C)c(Oc2ccc(/C=C/C(=O)O)cc2Cl)c1. The molecule has 108 valence electrons. The van der Waals surface area contributed by atoms with Gasteiger partial charge in [-0.05, 0) is 54.8 Å². The predicted molar refractivity (Wildman–Crippen MR) is 84.1 cm³/mol. The maximum absolute atomic E-state index is 10.5. The highest BCUT2D eigenvalue weighted by Crippen LogP contribution is 2.32. The molecular weight excluding hydrogens is 288 g/mol. The fraction of sp³-hybridized carbons (Fsp3) is 0.118. The number of rotatable bonds is 4. The number of aryl methyl sites for hydroxylation is 2. The molecule has 0 amide bonds. The minimum Gasteiger partial charge on any atom is -0.478 e. The fourth-order valence-corrected chi connectivity index (χ4v) is 2.03. The van der Waals surface area contributed by atoms with Crippen molar-refractivity contribution < 1.29 is 14.6 Å². The van der Waals surface area contributed by atoms with Crippen molar-refractivity contribution in [1.82, 2.24) is 0 Å². The summed E-state index contributed by atoms with van der Waals surface area (Å²) in [7, 11) is 0. The molecule has 0 unspecified atom stereocenters. The molecule has 0 spiro atoms. The second kappa shape index (κ2) is 6.46. The van der Waals surface area contributed by atoms with E-state index in [1.807, 2.05) is 32.0 Å². The van der Waals surface area contributed by atoms with Gasteiger partial charge >= 0.3 is 5.97 Å². The van der Waals surface area contributed by atoms with Crippen LogP contribution < -0.4 is 4.74 Å². The van der Waals surface area contributed by atoms with E-state index < -0.39 is 5.97 Å². The van der Waals surface area contributed by atoms with Crippen molar-refractivity contribution in [3.05, 3.63) is 64.2 Å². The Balaban J connectivity index is 2.25. The maximum Gasteiger partial charge on any atom is 0.328 e. The number of hydrogen-bond donors (Lipinski definition) is 1. The highest BCUT2D eigenvalue weighted by atomic mass is 35.5. The molecule has 0 saturated heterocycles. The first-order valence-electron chi connectivity index (χ1n) is 6.41. The summed E-state index contributed by atoms with van der Waals surface area (Å²) in [5.74, 6) is 0.297. The van der Waals surface area contributed by atoms with Gasteiger partial charge in [0.25, 0.3) is 0 Å². The molecule has 0 aliphatic heterocycles. The Bertz CT molecular complexity index is 705. The summed E-state index contributed by atoms with van der Waals surface area (Å²) in [4.78, 5) is 10.5. The van der Waals surface area contributed by atoms with E-state index in [1.165, 1.54) is 6.08 Å². The Kier molecular flexibility index (Phi) is 4.66. The second-order valence-corrected chi connectivity index (χ2v) is 5.14. The Labute approximate surface area is 128 Å². The number of halogens is 1. The molecule has 21 heavy (non-hydrogen) atoms. The molecule has 2 aromatic rings. The van der Waals surface area contributed by atoms with Gasteiger partial charge < -0.3 is 9.84 Å². The summed E-state index contributed by atoms with van der Waals surface area (Å²) in [6, 6.07) is 11.1. The van der Waals surface area contributed by atoms with Gasteiger partial charge in [-0.3, -0.25) is 0 Å². The third-order valence-electron chi connectivity index (χ3n) is 2.94. The van der Waals surface area contributed by atoms with E-state index in [-0.39, 0.29) is 0 Å². The van der Waals surface area contributed by atoms with Crippen LogP contribution in [0.5, 0.6) is 11.5 Å². The van der Waals surface area contributed by atoms with E-state index in [4.69, 9.17) is 21.4 Å². The molecule has 2 rings (SSSR count). The van der Waals surface area contributed by atoms with Gasteiger partial charge in [0.05, 0.1) is 5.02 Å². The molecule has 0 aliphatic carbocycles. The normalized spacial score (nSPS) is 10.8. The van der Waals surface area contributed by atoms with Gasteiger partial charge in [-0.25, -0.2) is 4.79 Å². The molecule has 0 bridgehead atoms. The fourth-order valence-electron chi connectivity index (χ4n) is 1.81. The predicted octanol–water partition coefficient (Wildman–Crippen LogP) is 4.85. The van der Waals surface area contributed by atoms with Crippen LogP contribution in [0.1, 0.15) is 16.7 Å². The number of carbonyl (C=O) groups is 1. The summed E-state index contributed by atoms with van der Waals surface area (Å²) in [6.45, 7) is 3.96. The molecule has 0 fully saturated rings. The lowest BCUT2D eigenvalue weighted by atomic mass is 10.1. The molecule has 3 nitrogen and oxygen atoms in total. The van der Waals surface area contributed by atoms with Crippen LogP contribution in [0.2, 0.25) is 5.02 Å². The van der Waals surface area contributed by atoms with Gasteiger partial charge in [0.15, 0.2) is 0 Å². The number of benzene rings is 2. The highest BCUT2D eigenvalue weighted by molar-refractivity contribution is 6.32. The number of aliphatic carboxylic acids is 1. The summed E-state index contributed by atoms with van der Waals surface area (Å²) in [6.07, 6.45) is 2.55. The van der Waals surface area contributed by atoms with Crippen LogP contribution >= 0.6 is 11.6 Å². The number of ether oxygens (including phenoxy) is 1. The van der Waals surface area contributed by atoms with Crippen molar-refractivity contribution in [2.75, 3.05) is 0 Å². The molecule has 1 N–H and O–H groups in total. The second-order valence-electron chi connectivity index (χ2n) is 4.73. The van der Waals surface area contributed by atoms with Crippen molar-refractivity contribution in [2.45, 2.75) is 13.8 Å². The third kappa shape index (κ3) is 4.10. The van der Waals surface area contributed by atoms with Crippen LogP contribution in [0.15, 0.2) is 42.5 Å². The van der Waals surface area contributed by atoms with Gasteiger partial charge in [0.1, 0.15) is 11.5 Å². The van der Waals surface area contributed by atoms with Gasteiger partial charge in [-0.15, -0.1) is 0 Å². The lowest BCUT2D eigenvalue weighted by Gasteiger charge is -2.11. The largest absolute Gasteiger partial charge is 0.478 e. The van der Waals surface area contributed by atoms with Gasteiger partial charge in [-0.2, -0.15) is 0 Å². The van der Waals surface area contributed by atoms with Crippen LogP contribution in [0.25, 0.3) is 6.08 Å². The van der Waals surface area contributed by atoms with Crippen LogP contribution in [-0.4, -0.2) is 11.1 Å². The van der Waals surface area contributed by atoms with E-state index in [9.17, 15) is 4.79 Å². The number of carboxylic acid groups (broad SMARTS) is 1. The molecule has 0 heterocycles. The zero-order valence-electron chi connectivity index (χ0n) is 11.8. The lowest BCUT2D eigenvalue weighted by molar-refractivity contribution is -0.131. The van der Waals surface area contributed by atoms with Gasteiger partial charge in [0, 0.05) is 6.08 Å². The standard InChI is InChI=1S/C17H15ClO3/c1-11-3-4-12(2)16(9-11)21-15-7-5-13(10-14(15)18)6-8-17(19)20/h3-10H,1-2H3,(H,19,20)/b8-6+. The first kappa shape index (κ1) is 15.1. The van der Waals surface area contributed by atoms with Crippen LogP contribution in [0.3, 0.4) is 0 Å². The molecule has 0 aliphatic rings. The molecule has 0 atom stereocenters. The van der Waals surface area contributed by atoms with Crippen molar-refractivity contribution in [3.63, 3.8) is 0 Å². The Morgan fingerprint density at radius 2 is 1.90 bits per heavy atom. The topological polar surface area (TPSA) is 46.5 Å². The van der Waals surface area contributed by atoms with Gasteiger partial charge in [-0.1, -0.05) is 29.8 Å². The van der Waals surface area contributed by atoms with Crippen molar-refractivity contribution in [1.29, 1.82) is 0 Å². The zero-order chi connectivity index (χ0) is 15.4. The molecular formula is C17H15ClO3. The first-order valence-corrected chi connectivity index (χ1v) is 6.79.